The van der Waals surface area contributed by atoms with E-state index in [0.29, 0.717) is 29.1 Å². The van der Waals surface area contributed by atoms with Crippen molar-refractivity contribution in [3.05, 3.63) is 52.6 Å². The number of aliphatic hydroxyl groups is 1. The minimum absolute atomic E-state index is 0.167. The average Bonchev–Trinajstić information content (AvgIpc) is 3.05. The first-order valence-corrected chi connectivity index (χ1v) is 9.50. The molecule has 0 spiro atoms. The summed E-state index contributed by atoms with van der Waals surface area (Å²) in [6.07, 6.45) is 3.56. The van der Waals surface area contributed by atoms with Crippen LogP contribution in [0.25, 0.3) is 5.52 Å². The molecule has 27 heavy (non-hydrogen) atoms. The molecule has 4 N–H and O–H groups in total. The summed E-state index contributed by atoms with van der Waals surface area (Å²) < 4.78 is 16.0. The predicted molar refractivity (Wildman–Crippen MR) is 104 cm³/mol. The molecule has 1 aromatic carbocycles. The average molecular weight is 435 g/mol. The molecular formula is C18H20BrFN6O. The molecule has 1 saturated heterocycles. The summed E-state index contributed by atoms with van der Waals surface area (Å²) in [6, 6.07) is 6.65. The second kappa shape index (κ2) is 7.51. The number of anilines is 2. The summed E-state index contributed by atoms with van der Waals surface area (Å²) in [7, 11) is 0. The summed E-state index contributed by atoms with van der Waals surface area (Å²) in [4.78, 5) is 6.51. The molecule has 0 amide bonds. The highest BCUT2D eigenvalue weighted by Crippen LogP contribution is 2.26. The third kappa shape index (κ3) is 3.81. The Bertz CT molecular complexity index is 964. The minimum Gasteiger partial charge on any atom is -0.390 e. The highest BCUT2D eigenvalue weighted by molar-refractivity contribution is 9.10. The maximum atomic E-state index is 13.8. The van der Waals surface area contributed by atoms with Crippen LogP contribution in [0.5, 0.6) is 0 Å². The van der Waals surface area contributed by atoms with E-state index in [2.05, 4.69) is 36.2 Å². The van der Waals surface area contributed by atoms with E-state index in [1.54, 1.807) is 16.6 Å². The van der Waals surface area contributed by atoms with E-state index in [1.807, 2.05) is 12.3 Å². The van der Waals surface area contributed by atoms with Gasteiger partial charge in [-0.2, -0.15) is 5.10 Å². The largest absolute Gasteiger partial charge is 0.390 e. The van der Waals surface area contributed by atoms with E-state index in [1.165, 1.54) is 12.4 Å². The fraction of sp³-hybridized carbons (Fsp3) is 0.333. The maximum absolute atomic E-state index is 13.8. The zero-order valence-corrected chi connectivity index (χ0v) is 16.1. The molecule has 1 fully saturated rings. The van der Waals surface area contributed by atoms with E-state index >= 15 is 0 Å². The SMILES string of the molecule is N[C@@H]1CCN(Cc2ccn3ncnc(Nc4ccc(Br)c(F)c4)c23)C[C@H]1O. The molecule has 142 valence electrons. The molecule has 0 radical (unpaired) electrons. The summed E-state index contributed by atoms with van der Waals surface area (Å²) in [5.74, 6) is 0.250. The van der Waals surface area contributed by atoms with Gasteiger partial charge in [-0.3, -0.25) is 4.90 Å². The van der Waals surface area contributed by atoms with Crippen LogP contribution in [0.4, 0.5) is 15.9 Å². The number of halogens is 2. The second-order valence-corrected chi connectivity index (χ2v) is 7.61. The summed E-state index contributed by atoms with van der Waals surface area (Å²) in [5.41, 5.74) is 8.34. The number of aromatic nitrogens is 3. The number of hydrogen-bond acceptors (Lipinski definition) is 6. The van der Waals surface area contributed by atoms with Gasteiger partial charge in [-0.05, 0) is 52.2 Å². The second-order valence-electron chi connectivity index (χ2n) is 6.75. The van der Waals surface area contributed by atoms with Crippen LogP contribution in [0.15, 0.2) is 41.3 Å². The molecule has 3 heterocycles. The number of fused-ring (bicyclic) bond motifs is 1. The number of rotatable bonds is 4. The van der Waals surface area contributed by atoms with Gasteiger partial charge in [0, 0.05) is 37.6 Å². The molecule has 0 bridgehead atoms. The van der Waals surface area contributed by atoms with Crippen molar-refractivity contribution in [3.8, 4) is 0 Å². The normalized spacial score (nSPS) is 20.9. The van der Waals surface area contributed by atoms with Crippen molar-refractivity contribution in [2.24, 2.45) is 5.73 Å². The van der Waals surface area contributed by atoms with Gasteiger partial charge in [0.05, 0.1) is 10.6 Å². The molecule has 0 unspecified atom stereocenters. The molecule has 3 aromatic rings. The fourth-order valence-corrected chi connectivity index (χ4v) is 3.59. The first-order valence-electron chi connectivity index (χ1n) is 8.70. The van der Waals surface area contributed by atoms with E-state index in [-0.39, 0.29) is 11.9 Å². The molecule has 0 aliphatic carbocycles. The van der Waals surface area contributed by atoms with E-state index in [0.717, 1.165) is 24.0 Å². The molecular weight excluding hydrogens is 415 g/mol. The van der Waals surface area contributed by atoms with Crippen molar-refractivity contribution in [3.63, 3.8) is 0 Å². The van der Waals surface area contributed by atoms with Gasteiger partial charge in [0.25, 0.3) is 0 Å². The topological polar surface area (TPSA) is 91.7 Å². The number of nitrogens with two attached hydrogens (primary N) is 1. The number of benzene rings is 1. The Hall–Kier alpha value is -2.07. The van der Waals surface area contributed by atoms with Crippen LogP contribution in [0.1, 0.15) is 12.0 Å². The van der Waals surface area contributed by atoms with Crippen LogP contribution in [0.2, 0.25) is 0 Å². The number of aliphatic hydroxyl groups excluding tert-OH is 1. The predicted octanol–water partition coefficient (Wildman–Crippen LogP) is 2.27. The van der Waals surface area contributed by atoms with Gasteiger partial charge in [0.15, 0.2) is 5.82 Å². The molecule has 1 aliphatic heterocycles. The van der Waals surface area contributed by atoms with Gasteiger partial charge in [-0.15, -0.1) is 0 Å². The lowest BCUT2D eigenvalue weighted by atomic mass is 10.0. The monoisotopic (exact) mass is 434 g/mol. The van der Waals surface area contributed by atoms with Gasteiger partial charge >= 0.3 is 0 Å². The molecule has 7 nitrogen and oxygen atoms in total. The number of β-amino-alcohol motifs (C(OH)–C–C–N with tert-alkyl or cyclic N) is 1. The van der Waals surface area contributed by atoms with Crippen molar-refractivity contribution >= 4 is 33.0 Å². The Morgan fingerprint density at radius 3 is 3.00 bits per heavy atom. The quantitative estimate of drug-likeness (QED) is 0.583. The van der Waals surface area contributed by atoms with Crippen LogP contribution >= 0.6 is 15.9 Å². The zero-order chi connectivity index (χ0) is 19.0. The number of nitrogens with zero attached hydrogens (tertiary/aromatic N) is 4. The lowest BCUT2D eigenvalue weighted by Crippen LogP contribution is -2.50. The van der Waals surface area contributed by atoms with Gasteiger partial charge in [0.2, 0.25) is 0 Å². The Balaban J connectivity index is 1.62. The Labute approximate surface area is 164 Å². The van der Waals surface area contributed by atoms with Crippen LogP contribution in [0.3, 0.4) is 0 Å². The van der Waals surface area contributed by atoms with E-state index in [4.69, 9.17) is 5.73 Å². The highest BCUT2D eigenvalue weighted by Gasteiger charge is 2.25. The number of piperidine rings is 1. The smallest absolute Gasteiger partial charge is 0.158 e. The third-order valence-electron chi connectivity index (χ3n) is 4.83. The van der Waals surface area contributed by atoms with Gasteiger partial charge in [-0.25, -0.2) is 13.9 Å². The number of nitrogens with one attached hydrogen (secondary N) is 1. The molecule has 2 atom stereocenters. The minimum atomic E-state index is -0.521. The number of likely N-dealkylation sites (tertiary alicyclic amines) is 1. The van der Waals surface area contributed by atoms with Crippen molar-refractivity contribution in [2.75, 3.05) is 18.4 Å². The summed E-state index contributed by atoms with van der Waals surface area (Å²) in [5, 5.41) is 17.5. The highest BCUT2D eigenvalue weighted by atomic mass is 79.9. The lowest BCUT2D eigenvalue weighted by molar-refractivity contribution is 0.0501. The summed E-state index contributed by atoms with van der Waals surface area (Å²) in [6.45, 7) is 2.01. The molecule has 4 rings (SSSR count). The van der Waals surface area contributed by atoms with Crippen molar-refractivity contribution in [1.82, 2.24) is 19.5 Å². The zero-order valence-electron chi connectivity index (χ0n) is 14.5. The van der Waals surface area contributed by atoms with Crippen molar-refractivity contribution < 1.29 is 9.50 Å². The van der Waals surface area contributed by atoms with Crippen LogP contribution in [-0.2, 0) is 6.54 Å². The first kappa shape index (κ1) is 18.3. The van der Waals surface area contributed by atoms with Crippen molar-refractivity contribution in [1.29, 1.82) is 0 Å². The molecule has 1 aliphatic rings. The van der Waals surface area contributed by atoms with Crippen LogP contribution in [0, 0.1) is 5.82 Å². The Morgan fingerprint density at radius 1 is 1.37 bits per heavy atom. The Morgan fingerprint density at radius 2 is 2.22 bits per heavy atom. The molecule has 2 aromatic heterocycles. The lowest BCUT2D eigenvalue weighted by Gasteiger charge is -2.33. The first-order chi connectivity index (χ1) is 13.0. The van der Waals surface area contributed by atoms with Gasteiger partial charge in [0.1, 0.15) is 17.7 Å². The maximum Gasteiger partial charge on any atom is 0.158 e. The molecule has 0 saturated carbocycles. The Kier molecular flexibility index (Phi) is 5.09. The third-order valence-corrected chi connectivity index (χ3v) is 5.47. The van der Waals surface area contributed by atoms with Gasteiger partial charge < -0.3 is 16.2 Å². The summed E-state index contributed by atoms with van der Waals surface area (Å²) >= 11 is 3.16. The van der Waals surface area contributed by atoms with Crippen LogP contribution < -0.4 is 11.1 Å². The van der Waals surface area contributed by atoms with E-state index in [9.17, 15) is 9.50 Å². The van der Waals surface area contributed by atoms with Gasteiger partial charge in [-0.1, -0.05) is 0 Å². The van der Waals surface area contributed by atoms with E-state index < -0.39 is 6.10 Å². The molecule has 9 heteroatoms. The fourth-order valence-electron chi connectivity index (χ4n) is 3.35. The van der Waals surface area contributed by atoms with Crippen LogP contribution in [-0.4, -0.2) is 49.8 Å². The van der Waals surface area contributed by atoms with Crippen molar-refractivity contribution in [2.45, 2.75) is 25.1 Å². The standard InChI is InChI=1S/C18H20BrFN6O/c19-13-2-1-12(7-14(13)20)24-18-17-11(3-6-26(17)23-10-22-18)8-25-5-4-15(21)16(27)9-25/h1-3,6-7,10,15-16,27H,4-5,8-9,21H2,(H,22,23,24)/t15-,16-/m1/s1. The number of hydrogen-bond donors (Lipinski definition) is 3.